The van der Waals surface area contributed by atoms with Gasteiger partial charge in [-0.2, -0.15) is 0 Å². The number of fused-ring (bicyclic) bond motifs is 1. The fraction of sp³-hybridized carbons (Fsp3) is 0.750. The molecule has 1 fully saturated rings. The fourth-order valence-electron chi connectivity index (χ4n) is 3.29. The van der Waals surface area contributed by atoms with Gasteiger partial charge in [-0.3, -0.25) is 0 Å². The minimum Gasteiger partial charge on any atom is -0.478 e. The molecule has 0 aromatic carbocycles. The van der Waals surface area contributed by atoms with Crippen LogP contribution in [0.3, 0.4) is 0 Å². The van der Waals surface area contributed by atoms with E-state index in [0.29, 0.717) is 11.5 Å². The van der Waals surface area contributed by atoms with Crippen LogP contribution in [0.25, 0.3) is 0 Å². The van der Waals surface area contributed by atoms with Crippen molar-refractivity contribution >= 4 is 11.9 Å². The molecule has 0 amide bonds. The summed E-state index contributed by atoms with van der Waals surface area (Å²) in [6.45, 7) is 3.00. The van der Waals surface area contributed by atoms with Gasteiger partial charge in [-0.15, -0.1) is 0 Å². The van der Waals surface area contributed by atoms with E-state index in [2.05, 4.69) is 11.9 Å². The monoisotopic (exact) mass is 293 g/mol. The van der Waals surface area contributed by atoms with Crippen LogP contribution in [-0.4, -0.2) is 34.5 Å². The van der Waals surface area contributed by atoms with Gasteiger partial charge in [0.25, 0.3) is 0 Å². The van der Waals surface area contributed by atoms with Crippen LogP contribution in [0.15, 0.2) is 16.3 Å². The minimum absolute atomic E-state index is 0.252. The third-order valence-electron chi connectivity index (χ3n) is 4.39. The lowest BCUT2D eigenvalue weighted by molar-refractivity contribution is -0.133. The smallest absolute Gasteiger partial charge is 0.335 e. The van der Waals surface area contributed by atoms with Gasteiger partial charge in [-0.25, -0.2) is 9.79 Å². The van der Waals surface area contributed by atoms with Crippen molar-refractivity contribution in [3.05, 3.63) is 11.3 Å². The van der Waals surface area contributed by atoms with Crippen molar-refractivity contribution in [2.75, 3.05) is 6.54 Å². The van der Waals surface area contributed by atoms with Gasteiger partial charge < -0.3 is 15.7 Å². The number of guanidine groups is 1. The lowest BCUT2D eigenvalue weighted by atomic mass is 9.96. The summed E-state index contributed by atoms with van der Waals surface area (Å²) in [5, 5.41) is 9.52. The summed E-state index contributed by atoms with van der Waals surface area (Å²) in [4.78, 5) is 17.9. The summed E-state index contributed by atoms with van der Waals surface area (Å²) < 4.78 is 0. The van der Waals surface area contributed by atoms with E-state index >= 15 is 0 Å². The number of nitrogens with zero attached hydrogens (tertiary/aromatic N) is 2. The second-order valence-corrected chi connectivity index (χ2v) is 5.98. The Kier molecular flexibility index (Phi) is 5.65. The predicted octanol–water partition coefficient (Wildman–Crippen LogP) is 2.87. The van der Waals surface area contributed by atoms with Crippen LogP contribution in [0, 0.1) is 0 Å². The van der Waals surface area contributed by atoms with E-state index in [1.165, 1.54) is 25.7 Å². The number of aliphatic imine (C=N–C) groups is 1. The van der Waals surface area contributed by atoms with Crippen molar-refractivity contribution in [1.82, 2.24) is 4.90 Å². The van der Waals surface area contributed by atoms with Gasteiger partial charge in [0.05, 0.1) is 11.6 Å². The Bertz CT molecular complexity index is 443. The number of carboxylic acids is 1. The second kappa shape index (κ2) is 7.48. The van der Waals surface area contributed by atoms with Crippen molar-refractivity contribution in [1.29, 1.82) is 0 Å². The van der Waals surface area contributed by atoms with Crippen LogP contribution in [0.1, 0.15) is 64.7 Å². The molecular formula is C16H27N3O2. The molecule has 3 N–H and O–H groups in total. The Morgan fingerprint density at radius 1 is 1.33 bits per heavy atom. The van der Waals surface area contributed by atoms with Crippen LogP contribution in [0.4, 0.5) is 0 Å². The van der Waals surface area contributed by atoms with Gasteiger partial charge in [0, 0.05) is 12.2 Å². The lowest BCUT2D eigenvalue weighted by Crippen LogP contribution is -2.41. The third-order valence-corrected chi connectivity index (χ3v) is 4.39. The van der Waals surface area contributed by atoms with Gasteiger partial charge in [-0.05, 0) is 19.3 Å². The van der Waals surface area contributed by atoms with E-state index in [0.717, 1.165) is 44.3 Å². The number of allylic oxidation sites excluding steroid dienone is 1. The Morgan fingerprint density at radius 3 is 2.76 bits per heavy atom. The van der Waals surface area contributed by atoms with Gasteiger partial charge in [-0.1, -0.05) is 45.4 Å². The number of carboxylic acid groups (broad SMARTS) is 1. The van der Waals surface area contributed by atoms with Crippen molar-refractivity contribution in [2.24, 2.45) is 10.7 Å². The zero-order valence-electron chi connectivity index (χ0n) is 13.0. The summed E-state index contributed by atoms with van der Waals surface area (Å²) in [7, 11) is 0. The molecular weight excluding hydrogens is 266 g/mol. The highest BCUT2D eigenvalue weighted by atomic mass is 16.4. The molecule has 0 aromatic rings. The van der Waals surface area contributed by atoms with Crippen molar-refractivity contribution in [2.45, 2.75) is 70.8 Å². The minimum atomic E-state index is -0.830. The van der Waals surface area contributed by atoms with Crippen LogP contribution < -0.4 is 5.73 Å². The molecule has 0 aromatic heterocycles. The molecule has 0 spiro atoms. The van der Waals surface area contributed by atoms with Crippen LogP contribution >= 0.6 is 0 Å². The quantitative estimate of drug-likeness (QED) is 0.674. The largest absolute Gasteiger partial charge is 0.478 e. The van der Waals surface area contributed by atoms with Crippen molar-refractivity contribution in [3.63, 3.8) is 0 Å². The number of aliphatic carboxylic acids is 1. The maximum absolute atomic E-state index is 11.6. The van der Waals surface area contributed by atoms with E-state index in [1.807, 2.05) is 4.90 Å². The van der Waals surface area contributed by atoms with Gasteiger partial charge in [0.15, 0.2) is 5.96 Å². The number of carbonyl (C=O) groups is 1. The normalized spacial score (nSPS) is 21.5. The molecule has 118 valence electrons. The molecule has 1 unspecified atom stereocenters. The van der Waals surface area contributed by atoms with Crippen molar-refractivity contribution in [3.8, 4) is 0 Å². The molecule has 2 aliphatic heterocycles. The first-order valence-electron chi connectivity index (χ1n) is 8.22. The molecule has 21 heavy (non-hydrogen) atoms. The van der Waals surface area contributed by atoms with Crippen LogP contribution in [0.2, 0.25) is 0 Å². The standard InChI is InChI=1S/C16H27N3O2/c1-2-3-4-5-6-7-9-12-14(15(20)21)13-10-8-11-19(13)16(17)18-12/h12H,2-11H2,1H3,(H2,17,18)(H,20,21). The molecule has 0 radical (unpaired) electrons. The summed E-state index contributed by atoms with van der Waals surface area (Å²) in [6, 6.07) is -0.252. The molecule has 5 heteroatoms. The molecule has 0 bridgehead atoms. The predicted molar refractivity (Wildman–Crippen MR) is 84.0 cm³/mol. The average Bonchev–Trinajstić information content (AvgIpc) is 2.92. The third kappa shape index (κ3) is 3.77. The number of unbranched alkanes of at least 4 members (excludes halogenated alkanes) is 5. The van der Waals surface area contributed by atoms with E-state index in [4.69, 9.17) is 5.73 Å². The van der Waals surface area contributed by atoms with E-state index in [9.17, 15) is 9.90 Å². The maximum atomic E-state index is 11.6. The number of hydrogen-bond acceptors (Lipinski definition) is 4. The first-order chi connectivity index (χ1) is 10.1. The summed E-state index contributed by atoms with van der Waals surface area (Å²) in [6.07, 6.45) is 9.77. The van der Waals surface area contributed by atoms with E-state index in [1.54, 1.807) is 0 Å². The number of nitrogens with two attached hydrogens (primary N) is 1. The average molecular weight is 293 g/mol. The summed E-state index contributed by atoms with van der Waals surface area (Å²) in [5.74, 6) is -0.326. The molecule has 5 nitrogen and oxygen atoms in total. The van der Waals surface area contributed by atoms with Crippen LogP contribution in [0.5, 0.6) is 0 Å². The first-order valence-corrected chi connectivity index (χ1v) is 8.22. The molecule has 0 saturated carbocycles. The number of hydrogen-bond donors (Lipinski definition) is 2. The Balaban J connectivity index is 1.94. The zero-order chi connectivity index (χ0) is 15.2. The van der Waals surface area contributed by atoms with E-state index < -0.39 is 5.97 Å². The molecule has 2 rings (SSSR count). The highest BCUT2D eigenvalue weighted by Gasteiger charge is 2.34. The summed E-state index contributed by atoms with van der Waals surface area (Å²) >= 11 is 0. The Labute approximate surface area is 126 Å². The van der Waals surface area contributed by atoms with Gasteiger partial charge >= 0.3 is 5.97 Å². The Morgan fingerprint density at radius 2 is 2.05 bits per heavy atom. The lowest BCUT2D eigenvalue weighted by Gasteiger charge is -2.29. The first kappa shape index (κ1) is 15.9. The highest BCUT2D eigenvalue weighted by Crippen LogP contribution is 2.32. The molecule has 1 saturated heterocycles. The highest BCUT2D eigenvalue weighted by molar-refractivity contribution is 5.93. The molecule has 2 heterocycles. The van der Waals surface area contributed by atoms with E-state index in [-0.39, 0.29) is 6.04 Å². The number of rotatable bonds is 8. The summed E-state index contributed by atoms with van der Waals surface area (Å²) in [5.41, 5.74) is 7.37. The van der Waals surface area contributed by atoms with Gasteiger partial charge in [0.2, 0.25) is 0 Å². The van der Waals surface area contributed by atoms with Gasteiger partial charge in [0.1, 0.15) is 0 Å². The Hall–Kier alpha value is -1.52. The zero-order valence-corrected chi connectivity index (χ0v) is 13.0. The maximum Gasteiger partial charge on any atom is 0.335 e. The van der Waals surface area contributed by atoms with Crippen LogP contribution in [-0.2, 0) is 4.79 Å². The topological polar surface area (TPSA) is 78.9 Å². The molecule has 2 aliphatic rings. The molecule has 0 aliphatic carbocycles. The molecule has 1 atom stereocenters. The fourth-order valence-corrected chi connectivity index (χ4v) is 3.29. The second-order valence-electron chi connectivity index (χ2n) is 5.98. The SMILES string of the molecule is CCCCCCCCC1N=C(N)N2CCCC2=C1C(=O)O. The van der Waals surface area contributed by atoms with Crippen molar-refractivity contribution < 1.29 is 9.90 Å².